The molecule has 2 heterocycles. The van der Waals surface area contributed by atoms with E-state index in [1.54, 1.807) is 61.8 Å². The Labute approximate surface area is 260 Å². The van der Waals surface area contributed by atoms with E-state index in [0.29, 0.717) is 34.8 Å². The molecule has 2 unspecified atom stereocenters. The van der Waals surface area contributed by atoms with E-state index in [0.717, 1.165) is 24.8 Å². The van der Waals surface area contributed by atoms with Gasteiger partial charge >= 0.3 is 0 Å². The molecule has 0 bridgehead atoms. The molecular weight excluding hydrogens is 577 g/mol. The second kappa shape index (κ2) is 12.5. The van der Waals surface area contributed by atoms with Crippen LogP contribution in [0.15, 0.2) is 73.1 Å². The predicted molar refractivity (Wildman–Crippen MR) is 172 cm³/mol. The average Bonchev–Trinajstić information content (AvgIpc) is 3.74. The topological polar surface area (TPSA) is 145 Å². The smallest absolute Gasteiger partial charge is 0.274 e. The second-order valence-electron chi connectivity index (χ2n) is 12.3. The molecule has 0 aliphatic heterocycles. The molecule has 11 heteroatoms. The van der Waals surface area contributed by atoms with Crippen LogP contribution < -0.4 is 15.8 Å². The third kappa shape index (κ3) is 6.85. The van der Waals surface area contributed by atoms with Crippen LogP contribution in [0.25, 0.3) is 5.69 Å². The zero-order chi connectivity index (χ0) is 31.6. The first kappa shape index (κ1) is 31.4. The first-order valence-corrected chi connectivity index (χ1v) is 15.8. The maximum atomic E-state index is 15.4. The van der Waals surface area contributed by atoms with Gasteiger partial charge in [0.05, 0.1) is 17.1 Å². The largest absolute Gasteiger partial charge is 0.598 e. The lowest BCUT2D eigenvalue weighted by molar-refractivity contribution is 0.101. The molecule has 1 aliphatic carbocycles. The van der Waals surface area contributed by atoms with Gasteiger partial charge in [-0.05, 0) is 94.0 Å². The molecule has 1 saturated carbocycles. The zero-order valence-corrected chi connectivity index (χ0v) is 26.2. The third-order valence-electron chi connectivity index (χ3n) is 7.78. The number of amides is 1. The van der Waals surface area contributed by atoms with Crippen molar-refractivity contribution in [3.8, 4) is 5.69 Å². The summed E-state index contributed by atoms with van der Waals surface area (Å²) in [4.78, 5) is 18.0. The molecular formula is C33H38FN7O2S. The minimum atomic E-state index is -1.48. The Morgan fingerprint density at radius 3 is 2.57 bits per heavy atom. The van der Waals surface area contributed by atoms with Crippen molar-refractivity contribution in [3.63, 3.8) is 0 Å². The summed E-state index contributed by atoms with van der Waals surface area (Å²) in [5.74, 6) is -0.699. The number of nitrogens with zero attached hydrogens (tertiary/aromatic N) is 3. The van der Waals surface area contributed by atoms with Crippen LogP contribution in [0.5, 0.6) is 0 Å². The van der Waals surface area contributed by atoms with Gasteiger partial charge in [-0.25, -0.2) is 9.07 Å². The lowest BCUT2D eigenvalue weighted by Crippen LogP contribution is -2.52. The Morgan fingerprint density at radius 2 is 1.91 bits per heavy atom. The van der Waals surface area contributed by atoms with Gasteiger partial charge in [0, 0.05) is 29.3 Å². The van der Waals surface area contributed by atoms with Crippen molar-refractivity contribution >= 4 is 28.8 Å². The molecule has 2 atom stereocenters. The highest BCUT2D eigenvalue weighted by atomic mass is 32.2. The van der Waals surface area contributed by atoms with Crippen molar-refractivity contribution in [2.45, 2.75) is 63.7 Å². The quantitative estimate of drug-likeness (QED) is 0.0963. The third-order valence-corrected chi connectivity index (χ3v) is 9.42. The SMILES string of the molecule is Cc1cc(C(=O)Nc2cc(C(CCC3CC3)(N[S+]([O-])C(C)(C)C)c3cccnc3)ccc2F)n(-c2cccc(C(=N)N)c2)n1. The highest BCUT2D eigenvalue weighted by Gasteiger charge is 2.43. The molecule has 2 aromatic carbocycles. The fourth-order valence-corrected chi connectivity index (χ4v) is 6.07. The number of aryl methyl sites for hydroxylation is 1. The van der Waals surface area contributed by atoms with E-state index in [-0.39, 0.29) is 17.2 Å². The Kier molecular flexibility index (Phi) is 8.92. The molecule has 44 heavy (non-hydrogen) atoms. The van der Waals surface area contributed by atoms with Crippen LogP contribution in [0.2, 0.25) is 0 Å². The van der Waals surface area contributed by atoms with E-state index in [2.05, 4.69) is 20.1 Å². The van der Waals surface area contributed by atoms with E-state index < -0.39 is 33.4 Å². The summed E-state index contributed by atoms with van der Waals surface area (Å²) in [5, 5.41) is 15.0. The number of rotatable bonds is 11. The molecule has 5 N–H and O–H groups in total. The molecule has 1 amide bonds. The summed E-state index contributed by atoms with van der Waals surface area (Å²) >= 11 is -1.48. The minimum Gasteiger partial charge on any atom is -0.598 e. The van der Waals surface area contributed by atoms with E-state index in [9.17, 15) is 9.35 Å². The van der Waals surface area contributed by atoms with E-state index in [1.807, 2.05) is 32.9 Å². The van der Waals surface area contributed by atoms with Crippen molar-refractivity contribution in [1.29, 1.82) is 5.41 Å². The first-order chi connectivity index (χ1) is 20.9. The Balaban J connectivity index is 1.55. The fourth-order valence-electron chi connectivity index (χ4n) is 5.11. The lowest BCUT2D eigenvalue weighted by atomic mass is 9.80. The molecule has 4 aromatic rings. The molecule has 230 valence electrons. The van der Waals surface area contributed by atoms with Crippen LogP contribution in [0.1, 0.15) is 79.3 Å². The Morgan fingerprint density at radius 1 is 1.14 bits per heavy atom. The highest BCUT2D eigenvalue weighted by molar-refractivity contribution is 7.90. The van der Waals surface area contributed by atoms with Crippen LogP contribution >= 0.6 is 0 Å². The molecule has 9 nitrogen and oxygen atoms in total. The van der Waals surface area contributed by atoms with Gasteiger partial charge in [-0.3, -0.25) is 15.2 Å². The molecule has 1 fully saturated rings. The minimum absolute atomic E-state index is 0.0154. The second-order valence-corrected chi connectivity index (χ2v) is 14.3. The van der Waals surface area contributed by atoms with Crippen LogP contribution in [-0.2, 0) is 16.9 Å². The number of halogens is 1. The number of nitrogens with two attached hydrogens (primary N) is 1. The molecule has 2 aromatic heterocycles. The fraction of sp³-hybridized carbons (Fsp3) is 0.333. The van der Waals surface area contributed by atoms with Crippen LogP contribution in [-0.4, -0.2) is 35.8 Å². The molecule has 0 radical (unpaired) electrons. The maximum Gasteiger partial charge on any atom is 0.274 e. The average molecular weight is 616 g/mol. The standard InChI is InChI=1S/C33H38FN7O2S/c1-21-17-29(41(39-21)26-9-5-7-23(18-26)30(35)36)31(42)38-28-19-24(12-13-27(28)34)33(15-14-22-10-11-22,25-8-6-16-37-20-25)40-44(43)32(2,3)4/h5-9,12-13,16-20,22,40H,10-11,14-15H2,1-4H3,(H3,35,36)(H,38,42). The summed E-state index contributed by atoms with van der Waals surface area (Å²) in [5.41, 5.74) is 7.97. The Bertz CT molecular complexity index is 1670. The van der Waals surface area contributed by atoms with Crippen LogP contribution in [0, 0.1) is 24.1 Å². The summed E-state index contributed by atoms with van der Waals surface area (Å²) in [7, 11) is 0. The zero-order valence-electron chi connectivity index (χ0n) is 25.4. The molecule has 5 rings (SSSR count). The van der Waals surface area contributed by atoms with Crippen LogP contribution in [0.3, 0.4) is 0 Å². The molecule has 1 aliphatic rings. The van der Waals surface area contributed by atoms with Crippen molar-refractivity contribution in [1.82, 2.24) is 19.5 Å². The van der Waals surface area contributed by atoms with E-state index in [4.69, 9.17) is 11.1 Å². The number of benzene rings is 2. The predicted octanol–water partition coefficient (Wildman–Crippen LogP) is 5.74. The van der Waals surface area contributed by atoms with Crippen molar-refractivity contribution in [2.75, 3.05) is 5.32 Å². The monoisotopic (exact) mass is 615 g/mol. The summed E-state index contributed by atoms with van der Waals surface area (Å²) in [6.45, 7) is 7.46. The number of nitrogen functional groups attached to an aromatic ring is 1. The van der Waals surface area contributed by atoms with Crippen LogP contribution in [0.4, 0.5) is 10.1 Å². The summed E-state index contributed by atoms with van der Waals surface area (Å²) in [6, 6.07) is 16.8. The number of hydrogen-bond donors (Lipinski definition) is 4. The van der Waals surface area contributed by atoms with Gasteiger partial charge < -0.3 is 15.6 Å². The van der Waals surface area contributed by atoms with Gasteiger partial charge in [0.25, 0.3) is 5.91 Å². The van der Waals surface area contributed by atoms with Gasteiger partial charge in [0.15, 0.2) is 0 Å². The number of amidine groups is 1. The number of pyridine rings is 1. The van der Waals surface area contributed by atoms with Gasteiger partial charge in [0.2, 0.25) is 0 Å². The molecule has 0 saturated heterocycles. The first-order valence-electron chi connectivity index (χ1n) is 14.6. The number of nitrogens with one attached hydrogen (secondary N) is 3. The van der Waals surface area contributed by atoms with Crippen molar-refractivity contribution in [2.24, 2.45) is 11.7 Å². The number of hydrogen-bond acceptors (Lipinski definition) is 6. The number of carbonyl (C=O) groups is 1. The number of carbonyl (C=O) groups excluding carboxylic acids is 1. The van der Waals surface area contributed by atoms with Crippen molar-refractivity contribution < 1.29 is 13.7 Å². The van der Waals surface area contributed by atoms with E-state index in [1.165, 1.54) is 10.7 Å². The van der Waals surface area contributed by atoms with Gasteiger partial charge in [-0.1, -0.05) is 37.1 Å². The lowest BCUT2D eigenvalue weighted by Gasteiger charge is -2.38. The Hall–Kier alpha value is -4.06. The van der Waals surface area contributed by atoms with Crippen molar-refractivity contribution in [3.05, 3.63) is 107 Å². The highest BCUT2D eigenvalue weighted by Crippen LogP contribution is 2.43. The van der Waals surface area contributed by atoms with Gasteiger partial charge in [0.1, 0.15) is 27.6 Å². The summed E-state index contributed by atoms with van der Waals surface area (Å²) < 4.78 is 33.4. The van der Waals surface area contributed by atoms with Gasteiger partial charge in [-0.2, -0.15) is 5.10 Å². The number of anilines is 1. The molecule has 0 spiro atoms. The van der Waals surface area contributed by atoms with E-state index >= 15 is 4.39 Å². The normalized spacial score (nSPS) is 15.4. The number of aromatic nitrogens is 3. The summed E-state index contributed by atoms with van der Waals surface area (Å²) in [6.07, 6.45) is 7.24. The van der Waals surface area contributed by atoms with Gasteiger partial charge in [-0.15, -0.1) is 4.72 Å². The maximum absolute atomic E-state index is 15.4.